The molecule has 3 nitrogen and oxygen atoms in total. The average Bonchev–Trinajstić information content (AvgIpc) is 2.37. The fourth-order valence-electron chi connectivity index (χ4n) is 1.35. The van der Waals surface area contributed by atoms with Crippen molar-refractivity contribution >= 4 is 5.91 Å². The molecular formula is C14H9FN2O. The lowest BCUT2D eigenvalue weighted by Gasteiger charge is -1.94. The van der Waals surface area contributed by atoms with Crippen LogP contribution in [-0.4, -0.2) is 10.9 Å². The largest absolute Gasteiger partial charge is 0.366 e. The van der Waals surface area contributed by atoms with Gasteiger partial charge >= 0.3 is 0 Å². The van der Waals surface area contributed by atoms with Gasteiger partial charge in [-0.2, -0.15) is 0 Å². The molecule has 0 aliphatic heterocycles. The second-order valence-corrected chi connectivity index (χ2v) is 3.59. The Morgan fingerprint density at radius 3 is 2.67 bits per heavy atom. The number of amides is 1. The van der Waals surface area contributed by atoms with Crippen LogP contribution < -0.4 is 5.73 Å². The Kier molecular flexibility index (Phi) is 3.35. The first kappa shape index (κ1) is 11.8. The molecule has 1 aromatic heterocycles. The number of nitrogens with two attached hydrogens (primary N) is 1. The van der Waals surface area contributed by atoms with E-state index in [1.807, 2.05) is 0 Å². The molecule has 0 bridgehead atoms. The van der Waals surface area contributed by atoms with Gasteiger partial charge < -0.3 is 5.73 Å². The number of primary amides is 1. The van der Waals surface area contributed by atoms with Crippen LogP contribution in [0.5, 0.6) is 0 Å². The van der Waals surface area contributed by atoms with E-state index in [-0.39, 0.29) is 5.82 Å². The third-order valence-corrected chi connectivity index (χ3v) is 2.20. The number of hydrogen-bond acceptors (Lipinski definition) is 2. The molecule has 0 saturated heterocycles. The van der Waals surface area contributed by atoms with Crippen molar-refractivity contribution in [1.29, 1.82) is 0 Å². The molecule has 4 heteroatoms. The molecule has 0 atom stereocenters. The first-order valence-corrected chi connectivity index (χ1v) is 5.17. The van der Waals surface area contributed by atoms with Gasteiger partial charge in [-0.25, -0.2) is 4.39 Å². The lowest BCUT2D eigenvalue weighted by atomic mass is 10.1. The molecular weight excluding hydrogens is 231 g/mol. The van der Waals surface area contributed by atoms with E-state index in [0.29, 0.717) is 16.7 Å². The Labute approximate surface area is 103 Å². The van der Waals surface area contributed by atoms with Crippen LogP contribution in [0, 0.1) is 17.7 Å². The summed E-state index contributed by atoms with van der Waals surface area (Å²) in [5.74, 6) is 4.68. The first-order chi connectivity index (χ1) is 8.65. The molecule has 1 aromatic carbocycles. The maximum atomic E-state index is 12.9. The lowest BCUT2D eigenvalue weighted by Crippen LogP contribution is -2.11. The minimum absolute atomic E-state index is 0.293. The highest BCUT2D eigenvalue weighted by molar-refractivity contribution is 5.92. The van der Waals surface area contributed by atoms with Crippen LogP contribution in [0.25, 0.3) is 0 Å². The third-order valence-electron chi connectivity index (χ3n) is 2.20. The Morgan fingerprint density at radius 1 is 1.17 bits per heavy atom. The van der Waals surface area contributed by atoms with Crippen LogP contribution in [-0.2, 0) is 0 Å². The molecule has 0 saturated carbocycles. The molecule has 88 valence electrons. The van der Waals surface area contributed by atoms with Gasteiger partial charge in [0.05, 0.1) is 5.56 Å². The lowest BCUT2D eigenvalue weighted by molar-refractivity contribution is 0.1000. The highest BCUT2D eigenvalue weighted by Crippen LogP contribution is 2.03. The minimum Gasteiger partial charge on any atom is -0.366 e. The average molecular weight is 240 g/mol. The summed E-state index contributed by atoms with van der Waals surface area (Å²) in [6, 6.07) is 7.50. The van der Waals surface area contributed by atoms with E-state index in [9.17, 15) is 9.18 Å². The topological polar surface area (TPSA) is 56.0 Å². The van der Waals surface area contributed by atoms with Gasteiger partial charge in [0.15, 0.2) is 0 Å². The fraction of sp³-hybridized carbons (Fsp3) is 0. The van der Waals surface area contributed by atoms with Crippen LogP contribution in [0.4, 0.5) is 4.39 Å². The van der Waals surface area contributed by atoms with Gasteiger partial charge in [-0.3, -0.25) is 9.78 Å². The van der Waals surface area contributed by atoms with Crippen LogP contribution in [0.15, 0.2) is 42.7 Å². The van der Waals surface area contributed by atoms with Crippen molar-refractivity contribution in [2.45, 2.75) is 0 Å². The van der Waals surface area contributed by atoms with Gasteiger partial charge in [-0.05, 0) is 24.3 Å². The van der Waals surface area contributed by atoms with Gasteiger partial charge in [0.2, 0.25) is 5.91 Å². The molecule has 2 rings (SSSR count). The maximum Gasteiger partial charge on any atom is 0.250 e. The molecule has 2 N–H and O–H groups in total. The summed E-state index contributed by atoms with van der Waals surface area (Å²) in [7, 11) is 0. The number of carbonyl (C=O) groups excluding carboxylic acids is 1. The number of halogens is 1. The number of carbonyl (C=O) groups is 1. The van der Waals surface area contributed by atoms with Crippen molar-refractivity contribution in [2.75, 3.05) is 0 Å². The van der Waals surface area contributed by atoms with E-state index in [4.69, 9.17) is 5.73 Å². The molecule has 0 aliphatic rings. The van der Waals surface area contributed by atoms with Crippen molar-refractivity contribution in [3.63, 3.8) is 0 Å². The molecule has 0 aliphatic carbocycles. The summed E-state index contributed by atoms with van der Waals surface area (Å²) < 4.78 is 12.9. The van der Waals surface area contributed by atoms with E-state index in [2.05, 4.69) is 16.8 Å². The quantitative estimate of drug-likeness (QED) is 0.771. The molecule has 2 aromatic rings. The molecule has 1 amide bonds. The highest BCUT2D eigenvalue weighted by atomic mass is 19.1. The smallest absolute Gasteiger partial charge is 0.250 e. The third kappa shape index (κ3) is 2.92. The molecule has 0 unspecified atom stereocenters. The summed E-state index contributed by atoms with van der Waals surface area (Å²) in [5, 5.41) is 0. The predicted octanol–water partition coefficient (Wildman–Crippen LogP) is 1.72. The number of rotatable bonds is 1. The van der Waals surface area contributed by atoms with Gasteiger partial charge in [-0.1, -0.05) is 17.9 Å². The second kappa shape index (κ2) is 5.11. The van der Waals surface area contributed by atoms with Crippen LogP contribution in [0.1, 0.15) is 21.5 Å². The van der Waals surface area contributed by atoms with E-state index in [1.54, 1.807) is 18.2 Å². The summed E-state index contributed by atoms with van der Waals surface area (Å²) in [6.07, 6.45) is 2.88. The van der Waals surface area contributed by atoms with Crippen molar-refractivity contribution in [3.8, 4) is 11.8 Å². The Hall–Kier alpha value is -2.67. The zero-order valence-electron chi connectivity index (χ0n) is 9.35. The van der Waals surface area contributed by atoms with E-state index >= 15 is 0 Å². The normalized spacial score (nSPS) is 9.39. The number of nitrogens with zero attached hydrogens (tertiary/aromatic N) is 1. The molecule has 0 spiro atoms. The van der Waals surface area contributed by atoms with Crippen molar-refractivity contribution in [2.24, 2.45) is 5.73 Å². The van der Waals surface area contributed by atoms with Gasteiger partial charge in [0, 0.05) is 23.5 Å². The first-order valence-electron chi connectivity index (χ1n) is 5.17. The summed E-state index contributed by atoms with van der Waals surface area (Å²) >= 11 is 0. The minimum atomic E-state index is -0.558. The SMILES string of the molecule is NC(=O)c1cncc(C#Cc2cccc(F)c2)c1. The molecule has 0 radical (unpaired) electrons. The van der Waals surface area contributed by atoms with Crippen molar-refractivity contribution in [3.05, 3.63) is 65.2 Å². The van der Waals surface area contributed by atoms with Crippen molar-refractivity contribution in [1.82, 2.24) is 4.98 Å². The summed E-state index contributed by atoms with van der Waals surface area (Å²) in [6.45, 7) is 0. The second-order valence-electron chi connectivity index (χ2n) is 3.59. The van der Waals surface area contributed by atoms with E-state index in [1.165, 1.54) is 24.5 Å². The van der Waals surface area contributed by atoms with Crippen molar-refractivity contribution < 1.29 is 9.18 Å². The van der Waals surface area contributed by atoms with Gasteiger partial charge in [0.25, 0.3) is 0 Å². The zero-order valence-corrected chi connectivity index (χ0v) is 9.35. The van der Waals surface area contributed by atoms with E-state index < -0.39 is 5.91 Å². The Morgan fingerprint density at radius 2 is 1.94 bits per heavy atom. The highest BCUT2D eigenvalue weighted by Gasteiger charge is 2.00. The summed E-state index contributed by atoms with van der Waals surface area (Å²) in [5.41, 5.74) is 6.53. The molecule has 0 fully saturated rings. The number of aromatic nitrogens is 1. The monoisotopic (exact) mass is 240 g/mol. The zero-order chi connectivity index (χ0) is 13.0. The summed E-state index contributed by atoms with van der Waals surface area (Å²) in [4.78, 5) is 14.8. The Balaban J connectivity index is 2.30. The maximum absolute atomic E-state index is 12.9. The standard InChI is InChI=1S/C14H9FN2O/c15-13-3-1-2-10(7-13)4-5-11-6-12(14(16)18)9-17-8-11/h1-3,6-9H,(H2,16,18). The Bertz CT molecular complexity index is 656. The van der Waals surface area contributed by atoms with E-state index in [0.717, 1.165) is 0 Å². The predicted molar refractivity (Wildman–Crippen MR) is 65.1 cm³/mol. The number of pyridine rings is 1. The molecule has 18 heavy (non-hydrogen) atoms. The van der Waals surface area contributed by atoms with Gasteiger partial charge in [0.1, 0.15) is 5.82 Å². The van der Waals surface area contributed by atoms with Crippen LogP contribution in [0.2, 0.25) is 0 Å². The fourth-order valence-corrected chi connectivity index (χ4v) is 1.35. The number of benzene rings is 1. The van der Waals surface area contributed by atoms with Crippen LogP contribution in [0.3, 0.4) is 0 Å². The molecule has 1 heterocycles. The number of hydrogen-bond donors (Lipinski definition) is 1. The van der Waals surface area contributed by atoms with Crippen LogP contribution >= 0.6 is 0 Å². The van der Waals surface area contributed by atoms with Gasteiger partial charge in [-0.15, -0.1) is 0 Å².